The van der Waals surface area contributed by atoms with Crippen molar-refractivity contribution in [1.82, 2.24) is 4.90 Å². The molecule has 0 aliphatic carbocycles. The molecule has 2 rings (SSSR count). The molecule has 1 amide bonds. The number of carbonyl (C=O) groups is 1. The highest BCUT2D eigenvalue weighted by molar-refractivity contribution is 6.30. The minimum Gasteiger partial charge on any atom is -0.393 e. The fourth-order valence-electron chi connectivity index (χ4n) is 2.76. The molecule has 20 heavy (non-hydrogen) atoms. The smallest absolute Gasteiger partial charge is 0.226 e. The molecule has 1 N–H and O–H groups in total. The van der Waals surface area contributed by atoms with Gasteiger partial charge in [0, 0.05) is 18.1 Å². The van der Waals surface area contributed by atoms with Crippen molar-refractivity contribution in [2.24, 2.45) is 5.92 Å². The molecule has 1 atom stereocenters. The third kappa shape index (κ3) is 3.97. The number of aliphatic hydroxyl groups excluding tert-OH is 1. The Morgan fingerprint density at radius 2 is 1.95 bits per heavy atom. The molecule has 3 nitrogen and oxygen atoms in total. The van der Waals surface area contributed by atoms with Crippen LogP contribution in [0.3, 0.4) is 0 Å². The third-order valence-corrected chi connectivity index (χ3v) is 4.38. The zero-order valence-electron chi connectivity index (χ0n) is 11.9. The third-order valence-electron chi connectivity index (χ3n) is 4.12. The van der Waals surface area contributed by atoms with E-state index in [-0.39, 0.29) is 12.0 Å². The van der Waals surface area contributed by atoms with Gasteiger partial charge in [0.05, 0.1) is 12.5 Å². The van der Waals surface area contributed by atoms with Crippen LogP contribution in [-0.2, 0) is 11.2 Å². The summed E-state index contributed by atoms with van der Waals surface area (Å²) in [5.41, 5.74) is 0.995. The lowest BCUT2D eigenvalue weighted by Gasteiger charge is -2.34. The highest BCUT2D eigenvalue weighted by Crippen LogP contribution is 2.23. The Morgan fingerprint density at radius 1 is 1.35 bits per heavy atom. The van der Waals surface area contributed by atoms with Crippen molar-refractivity contribution in [3.63, 3.8) is 0 Å². The van der Waals surface area contributed by atoms with E-state index >= 15 is 0 Å². The van der Waals surface area contributed by atoms with Gasteiger partial charge in [-0.25, -0.2) is 0 Å². The molecule has 1 unspecified atom stereocenters. The minimum atomic E-state index is -0.219. The molecule has 1 saturated heterocycles. The SMILES string of the molecule is CCC(O)C1CCN(C(=O)Cc2ccc(Cl)cc2)CC1. The van der Waals surface area contributed by atoms with E-state index in [4.69, 9.17) is 11.6 Å². The van der Waals surface area contributed by atoms with Crippen LogP contribution in [0, 0.1) is 5.92 Å². The van der Waals surface area contributed by atoms with Crippen LogP contribution in [-0.4, -0.2) is 35.1 Å². The lowest BCUT2D eigenvalue weighted by molar-refractivity contribution is -0.132. The molecule has 0 aromatic heterocycles. The summed E-state index contributed by atoms with van der Waals surface area (Å²) in [6, 6.07) is 7.42. The molecule has 0 bridgehead atoms. The van der Waals surface area contributed by atoms with E-state index < -0.39 is 0 Å². The van der Waals surface area contributed by atoms with E-state index in [1.165, 1.54) is 0 Å². The number of likely N-dealkylation sites (tertiary alicyclic amines) is 1. The second kappa shape index (κ2) is 7.09. The van der Waals surface area contributed by atoms with Gasteiger partial charge in [0.2, 0.25) is 5.91 Å². The Morgan fingerprint density at radius 3 is 2.50 bits per heavy atom. The zero-order valence-corrected chi connectivity index (χ0v) is 12.6. The average molecular weight is 296 g/mol. The van der Waals surface area contributed by atoms with Crippen molar-refractivity contribution in [2.75, 3.05) is 13.1 Å². The zero-order chi connectivity index (χ0) is 14.5. The van der Waals surface area contributed by atoms with Gasteiger partial charge in [-0.3, -0.25) is 4.79 Å². The van der Waals surface area contributed by atoms with Gasteiger partial charge in [-0.1, -0.05) is 30.7 Å². The molecule has 4 heteroatoms. The van der Waals surface area contributed by atoms with Gasteiger partial charge in [-0.05, 0) is 42.9 Å². The summed E-state index contributed by atoms with van der Waals surface area (Å²) in [6.45, 7) is 3.52. The molecule has 1 aliphatic heterocycles. The van der Waals surface area contributed by atoms with Crippen molar-refractivity contribution in [3.05, 3.63) is 34.9 Å². The van der Waals surface area contributed by atoms with Gasteiger partial charge < -0.3 is 10.0 Å². The fourth-order valence-corrected chi connectivity index (χ4v) is 2.88. The predicted octanol–water partition coefficient (Wildman–Crippen LogP) is 2.89. The second-order valence-corrected chi connectivity index (χ2v) is 5.93. The molecule has 1 fully saturated rings. The largest absolute Gasteiger partial charge is 0.393 e. The number of rotatable bonds is 4. The maximum absolute atomic E-state index is 12.2. The van der Waals surface area contributed by atoms with Crippen molar-refractivity contribution in [2.45, 2.75) is 38.7 Å². The molecule has 1 aliphatic rings. The Labute approximate surface area is 125 Å². The summed E-state index contributed by atoms with van der Waals surface area (Å²) < 4.78 is 0. The van der Waals surface area contributed by atoms with E-state index in [0.717, 1.165) is 37.9 Å². The molecule has 0 saturated carbocycles. The number of piperidine rings is 1. The summed E-state index contributed by atoms with van der Waals surface area (Å²) >= 11 is 5.84. The number of benzene rings is 1. The Balaban J connectivity index is 1.84. The van der Waals surface area contributed by atoms with Crippen LogP contribution in [0.2, 0.25) is 5.02 Å². The summed E-state index contributed by atoms with van der Waals surface area (Å²) in [4.78, 5) is 14.1. The van der Waals surface area contributed by atoms with Crippen molar-refractivity contribution in [3.8, 4) is 0 Å². The lowest BCUT2D eigenvalue weighted by atomic mass is 9.90. The van der Waals surface area contributed by atoms with Crippen LogP contribution in [0.25, 0.3) is 0 Å². The molecule has 1 aromatic carbocycles. The number of halogens is 1. The predicted molar refractivity (Wildman–Crippen MR) is 80.8 cm³/mol. The standard InChI is InChI=1S/C16H22ClNO2/c1-2-15(19)13-7-9-18(10-8-13)16(20)11-12-3-5-14(17)6-4-12/h3-6,13,15,19H,2,7-11H2,1H3. The molecule has 110 valence electrons. The Kier molecular flexibility index (Phi) is 5.44. The van der Waals surface area contributed by atoms with E-state index in [1.54, 1.807) is 0 Å². The summed E-state index contributed by atoms with van der Waals surface area (Å²) in [5, 5.41) is 10.5. The van der Waals surface area contributed by atoms with Crippen LogP contribution in [0.15, 0.2) is 24.3 Å². The van der Waals surface area contributed by atoms with E-state index in [1.807, 2.05) is 36.1 Å². The van der Waals surface area contributed by atoms with Gasteiger partial charge >= 0.3 is 0 Å². The monoisotopic (exact) mass is 295 g/mol. The van der Waals surface area contributed by atoms with E-state index in [9.17, 15) is 9.90 Å². The fraction of sp³-hybridized carbons (Fsp3) is 0.562. The molecule has 0 spiro atoms. The number of carbonyl (C=O) groups excluding carboxylic acids is 1. The first-order chi connectivity index (χ1) is 9.60. The van der Waals surface area contributed by atoms with Crippen LogP contribution in [0.4, 0.5) is 0 Å². The number of aliphatic hydroxyl groups is 1. The van der Waals surface area contributed by atoms with Gasteiger partial charge in [0.25, 0.3) is 0 Å². The van der Waals surface area contributed by atoms with Crippen LogP contribution in [0.5, 0.6) is 0 Å². The topological polar surface area (TPSA) is 40.5 Å². The lowest BCUT2D eigenvalue weighted by Crippen LogP contribution is -2.41. The van der Waals surface area contributed by atoms with Crippen molar-refractivity contribution in [1.29, 1.82) is 0 Å². The van der Waals surface area contributed by atoms with Crippen LogP contribution < -0.4 is 0 Å². The first kappa shape index (κ1) is 15.3. The first-order valence-electron chi connectivity index (χ1n) is 7.30. The normalized spacial score (nSPS) is 18.1. The Hall–Kier alpha value is -1.06. The molecule has 1 heterocycles. The molecular formula is C16H22ClNO2. The highest BCUT2D eigenvalue weighted by Gasteiger charge is 2.26. The van der Waals surface area contributed by atoms with Crippen LogP contribution >= 0.6 is 11.6 Å². The molecule has 0 radical (unpaired) electrons. The summed E-state index contributed by atoms with van der Waals surface area (Å²) in [7, 11) is 0. The van der Waals surface area contributed by atoms with Gasteiger partial charge in [-0.15, -0.1) is 0 Å². The maximum atomic E-state index is 12.2. The summed E-state index contributed by atoms with van der Waals surface area (Å²) in [6.07, 6.45) is 2.81. The first-order valence-corrected chi connectivity index (χ1v) is 7.68. The number of hydrogen-bond acceptors (Lipinski definition) is 2. The van der Waals surface area contributed by atoms with E-state index in [0.29, 0.717) is 17.4 Å². The van der Waals surface area contributed by atoms with Gasteiger partial charge in [-0.2, -0.15) is 0 Å². The molecule has 1 aromatic rings. The van der Waals surface area contributed by atoms with Gasteiger partial charge in [0.15, 0.2) is 0 Å². The maximum Gasteiger partial charge on any atom is 0.226 e. The quantitative estimate of drug-likeness (QED) is 0.928. The Bertz CT molecular complexity index is 438. The van der Waals surface area contributed by atoms with E-state index in [2.05, 4.69) is 0 Å². The number of hydrogen-bond donors (Lipinski definition) is 1. The number of nitrogens with zero attached hydrogens (tertiary/aromatic N) is 1. The van der Waals surface area contributed by atoms with Crippen LogP contribution in [0.1, 0.15) is 31.7 Å². The summed E-state index contributed by atoms with van der Waals surface area (Å²) in [5.74, 6) is 0.511. The molecular weight excluding hydrogens is 274 g/mol. The second-order valence-electron chi connectivity index (χ2n) is 5.50. The minimum absolute atomic E-state index is 0.164. The van der Waals surface area contributed by atoms with Crippen molar-refractivity contribution < 1.29 is 9.90 Å². The van der Waals surface area contributed by atoms with Crippen molar-refractivity contribution >= 4 is 17.5 Å². The van der Waals surface area contributed by atoms with Gasteiger partial charge in [0.1, 0.15) is 0 Å². The average Bonchev–Trinajstić information content (AvgIpc) is 2.49. The highest BCUT2D eigenvalue weighted by atomic mass is 35.5. The number of amides is 1.